The number of furan rings is 1. The molecule has 6 rings (SSSR count). The SMILES string of the molecule is O=C(O)c1cccc(-c2ccc([C@@H]3[C@H](c4ccccn4)NC(=S)N3c3ccc(Oc4ccccc4)cc3)o2)c1. The van der Waals surface area contributed by atoms with E-state index >= 15 is 0 Å². The molecule has 8 heteroatoms. The second kappa shape index (κ2) is 10.4. The Hall–Kier alpha value is -4.95. The number of rotatable bonds is 7. The third-order valence-electron chi connectivity index (χ3n) is 6.50. The second-order valence-corrected chi connectivity index (χ2v) is 9.38. The predicted molar refractivity (Wildman–Crippen MR) is 152 cm³/mol. The fourth-order valence-corrected chi connectivity index (χ4v) is 5.04. The minimum Gasteiger partial charge on any atom is -0.478 e. The molecule has 0 saturated carbocycles. The summed E-state index contributed by atoms with van der Waals surface area (Å²) in [5, 5.41) is 13.4. The molecule has 0 amide bonds. The number of hydrogen-bond donors (Lipinski definition) is 2. The number of carboxylic acids is 1. The number of carbonyl (C=O) groups is 1. The van der Waals surface area contributed by atoms with Crippen LogP contribution in [0.5, 0.6) is 11.5 Å². The van der Waals surface area contributed by atoms with Gasteiger partial charge in [-0.05, 0) is 85.0 Å². The Kier molecular flexibility index (Phi) is 6.52. The van der Waals surface area contributed by atoms with Crippen LogP contribution in [0.2, 0.25) is 0 Å². The highest BCUT2D eigenvalue weighted by molar-refractivity contribution is 7.80. The largest absolute Gasteiger partial charge is 0.478 e. The summed E-state index contributed by atoms with van der Waals surface area (Å²) >= 11 is 5.81. The Morgan fingerprint density at radius 2 is 1.67 bits per heavy atom. The highest BCUT2D eigenvalue weighted by Crippen LogP contribution is 2.43. The molecule has 3 aromatic carbocycles. The van der Waals surface area contributed by atoms with Crippen LogP contribution in [0.1, 0.15) is 33.9 Å². The van der Waals surface area contributed by atoms with E-state index < -0.39 is 5.97 Å². The maximum atomic E-state index is 11.5. The Morgan fingerprint density at radius 1 is 0.897 bits per heavy atom. The van der Waals surface area contributed by atoms with Crippen molar-refractivity contribution in [1.82, 2.24) is 10.3 Å². The molecule has 1 fully saturated rings. The number of aromatic nitrogens is 1. The van der Waals surface area contributed by atoms with Gasteiger partial charge in [-0.2, -0.15) is 0 Å². The van der Waals surface area contributed by atoms with E-state index in [2.05, 4.69) is 10.3 Å². The van der Waals surface area contributed by atoms with E-state index in [-0.39, 0.29) is 17.6 Å². The van der Waals surface area contributed by atoms with Crippen LogP contribution in [0.3, 0.4) is 0 Å². The topological polar surface area (TPSA) is 87.8 Å². The zero-order valence-electron chi connectivity index (χ0n) is 20.6. The van der Waals surface area contributed by atoms with E-state index in [1.807, 2.05) is 95.9 Å². The minimum atomic E-state index is -0.991. The molecule has 1 aliphatic rings. The van der Waals surface area contributed by atoms with Crippen LogP contribution < -0.4 is 15.0 Å². The van der Waals surface area contributed by atoms with E-state index in [1.165, 1.54) is 0 Å². The van der Waals surface area contributed by atoms with Gasteiger partial charge in [0.25, 0.3) is 0 Å². The lowest BCUT2D eigenvalue weighted by Crippen LogP contribution is -2.29. The number of hydrogen-bond acceptors (Lipinski definition) is 5. The van der Waals surface area contributed by atoms with Crippen molar-refractivity contribution in [2.45, 2.75) is 12.1 Å². The normalized spacial score (nSPS) is 16.6. The van der Waals surface area contributed by atoms with Crippen LogP contribution in [-0.2, 0) is 0 Å². The van der Waals surface area contributed by atoms with Gasteiger partial charge in [-0.25, -0.2) is 4.79 Å². The molecule has 1 saturated heterocycles. The van der Waals surface area contributed by atoms with E-state index in [0.717, 1.165) is 17.1 Å². The van der Waals surface area contributed by atoms with Crippen LogP contribution in [-0.4, -0.2) is 21.2 Å². The number of anilines is 1. The van der Waals surface area contributed by atoms with Crippen LogP contribution in [0.25, 0.3) is 11.3 Å². The number of benzene rings is 3. The van der Waals surface area contributed by atoms with Crippen molar-refractivity contribution < 1.29 is 19.1 Å². The summed E-state index contributed by atoms with van der Waals surface area (Å²) < 4.78 is 12.3. The van der Waals surface area contributed by atoms with Crippen molar-refractivity contribution >= 4 is 29.0 Å². The summed E-state index contributed by atoms with van der Waals surface area (Å²) in [6, 6.07) is 32.9. The van der Waals surface area contributed by atoms with Crippen LogP contribution >= 0.6 is 12.2 Å². The van der Waals surface area contributed by atoms with Gasteiger partial charge in [0.1, 0.15) is 29.1 Å². The third-order valence-corrected chi connectivity index (χ3v) is 6.82. The lowest BCUT2D eigenvalue weighted by Gasteiger charge is -2.26. The molecular formula is C31H23N3O4S. The summed E-state index contributed by atoms with van der Waals surface area (Å²) in [5.74, 6) is 1.71. The first-order chi connectivity index (χ1) is 19.1. The third kappa shape index (κ3) is 4.97. The molecule has 0 bridgehead atoms. The zero-order valence-corrected chi connectivity index (χ0v) is 21.4. The van der Waals surface area contributed by atoms with Crippen molar-refractivity contribution in [3.8, 4) is 22.8 Å². The Morgan fingerprint density at radius 3 is 2.41 bits per heavy atom. The molecule has 7 nitrogen and oxygen atoms in total. The van der Waals surface area contributed by atoms with Gasteiger partial charge in [-0.3, -0.25) is 4.98 Å². The Balaban J connectivity index is 1.36. The quantitative estimate of drug-likeness (QED) is 0.216. The number of pyridine rings is 1. The molecule has 1 aliphatic heterocycles. The number of nitrogens with zero attached hydrogens (tertiary/aromatic N) is 2. The van der Waals surface area contributed by atoms with Crippen molar-refractivity contribution in [2.75, 3.05) is 4.90 Å². The first kappa shape index (κ1) is 24.4. The summed E-state index contributed by atoms with van der Waals surface area (Å²) in [6.07, 6.45) is 1.75. The van der Waals surface area contributed by atoms with E-state index in [9.17, 15) is 9.90 Å². The first-order valence-corrected chi connectivity index (χ1v) is 12.7. The van der Waals surface area contributed by atoms with Gasteiger partial charge >= 0.3 is 5.97 Å². The predicted octanol–water partition coefficient (Wildman–Crippen LogP) is 7.01. The summed E-state index contributed by atoms with van der Waals surface area (Å²) in [5.41, 5.74) is 2.56. The molecule has 2 aromatic heterocycles. The number of carboxylic acid groups (broad SMARTS) is 1. The molecule has 2 atom stereocenters. The van der Waals surface area contributed by atoms with Crippen molar-refractivity contribution in [2.24, 2.45) is 0 Å². The Labute approximate surface area is 230 Å². The van der Waals surface area contributed by atoms with Gasteiger partial charge in [-0.1, -0.05) is 36.4 Å². The standard InChI is InChI=1S/C31H23N3O4S/c35-30(36)21-8-6-7-20(19-21)26-16-17-27(38-26)29-28(25-11-4-5-18-32-25)33-31(39)34(29)22-12-14-24(15-13-22)37-23-9-2-1-3-10-23/h1-19,28-29H,(H,33,39)(H,35,36)/t28-,29+/m0/s1. The second-order valence-electron chi connectivity index (χ2n) is 8.99. The summed E-state index contributed by atoms with van der Waals surface area (Å²) in [6.45, 7) is 0. The lowest BCUT2D eigenvalue weighted by molar-refractivity contribution is 0.0697. The maximum absolute atomic E-state index is 11.5. The molecule has 0 unspecified atom stereocenters. The number of nitrogens with one attached hydrogen (secondary N) is 1. The molecule has 0 spiro atoms. The molecule has 3 heterocycles. The lowest BCUT2D eigenvalue weighted by atomic mass is 10.0. The monoisotopic (exact) mass is 533 g/mol. The molecule has 192 valence electrons. The molecule has 2 N–H and O–H groups in total. The highest BCUT2D eigenvalue weighted by atomic mass is 32.1. The van der Waals surface area contributed by atoms with Crippen molar-refractivity contribution in [3.63, 3.8) is 0 Å². The van der Waals surface area contributed by atoms with Gasteiger partial charge in [0.05, 0.1) is 17.3 Å². The van der Waals surface area contributed by atoms with E-state index in [0.29, 0.717) is 27.9 Å². The minimum absolute atomic E-state index is 0.194. The molecule has 0 radical (unpaired) electrons. The fraction of sp³-hybridized carbons (Fsp3) is 0.0645. The molecule has 0 aliphatic carbocycles. The fourth-order valence-electron chi connectivity index (χ4n) is 4.69. The molecule has 5 aromatic rings. The van der Waals surface area contributed by atoms with Crippen LogP contribution in [0.4, 0.5) is 5.69 Å². The van der Waals surface area contributed by atoms with Crippen LogP contribution in [0, 0.1) is 0 Å². The first-order valence-electron chi connectivity index (χ1n) is 12.3. The van der Waals surface area contributed by atoms with Crippen molar-refractivity contribution in [3.05, 3.63) is 132 Å². The average Bonchev–Trinajstić information content (AvgIpc) is 3.59. The Bertz CT molecular complexity index is 1620. The van der Waals surface area contributed by atoms with Gasteiger partial charge in [0, 0.05) is 17.4 Å². The van der Waals surface area contributed by atoms with Crippen molar-refractivity contribution in [1.29, 1.82) is 0 Å². The van der Waals surface area contributed by atoms with Gasteiger partial charge in [0.2, 0.25) is 0 Å². The average molecular weight is 534 g/mol. The van der Waals surface area contributed by atoms with Gasteiger partial charge in [-0.15, -0.1) is 0 Å². The number of para-hydroxylation sites is 1. The number of thiocarbonyl (C=S) groups is 1. The maximum Gasteiger partial charge on any atom is 0.335 e. The van der Waals surface area contributed by atoms with Crippen LogP contribution in [0.15, 0.2) is 120 Å². The zero-order chi connectivity index (χ0) is 26.8. The smallest absolute Gasteiger partial charge is 0.335 e. The number of aromatic carboxylic acids is 1. The number of ether oxygens (including phenoxy) is 1. The molecular weight excluding hydrogens is 510 g/mol. The summed E-state index contributed by atoms with van der Waals surface area (Å²) in [7, 11) is 0. The van der Waals surface area contributed by atoms with E-state index in [1.54, 1.807) is 24.4 Å². The van der Waals surface area contributed by atoms with E-state index in [4.69, 9.17) is 21.4 Å². The van der Waals surface area contributed by atoms with Gasteiger partial charge in [0.15, 0.2) is 5.11 Å². The highest BCUT2D eigenvalue weighted by Gasteiger charge is 2.42. The van der Waals surface area contributed by atoms with Gasteiger partial charge < -0.3 is 24.5 Å². The summed E-state index contributed by atoms with van der Waals surface area (Å²) in [4.78, 5) is 18.1. The molecule has 39 heavy (non-hydrogen) atoms.